The van der Waals surface area contributed by atoms with Gasteiger partial charge < -0.3 is 9.47 Å². The van der Waals surface area contributed by atoms with Gasteiger partial charge in [0.05, 0.1) is 24.7 Å². The van der Waals surface area contributed by atoms with E-state index in [1.807, 2.05) is 0 Å². The molecule has 17 heavy (non-hydrogen) atoms. The highest BCUT2D eigenvalue weighted by Crippen LogP contribution is 2.50. The molecule has 3 saturated carbocycles. The number of ether oxygens (including phenoxy) is 2. The molecule has 5 heteroatoms. The van der Waals surface area contributed by atoms with Crippen LogP contribution in [0.2, 0.25) is 0 Å². The Morgan fingerprint density at radius 2 is 1.59 bits per heavy atom. The molecule has 3 fully saturated rings. The van der Waals surface area contributed by atoms with Crippen molar-refractivity contribution < 1.29 is 22.6 Å². The summed E-state index contributed by atoms with van der Waals surface area (Å²) in [6.07, 6.45) is -0.206. The van der Waals surface area contributed by atoms with Crippen LogP contribution in [0.15, 0.2) is 0 Å². The Kier molecular flexibility index (Phi) is 2.86. The van der Waals surface area contributed by atoms with Gasteiger partial charge in [0, 0.05) is 13.0 Å². The maximum Gasteiger partial charge on any atom is 0.392 e. The standard InChI is InChI=1S/C12H17F3O2/c13-12(14,15)9-3-8(9)6-17-11-4-10(11)16-5-7-1-2-7/h7-11H,1-6H2. The van der Waals surface area contributed by atoms with Gasteiger partial charge in [-0.05, 0) is 31.1 Å². The lowest BCUT2D eigenvalue weighted by atomic mass is 10.3. The van der Waals surface area contributed by atoms with Crippen LogP contribution >= 0.6 is 0 Å². The van der Waals surface area contributed by atoms with Crippen LogP contribution in [0.3, 0.4) is 0 Å². The first-order valence-corrected chi connectivity index (χ1v) is 6.34. The van der Waals surface area contributed by atoms with Crippen LogP contribution < -0.4 is 0 Å². The highest BCUT2D eigenvalue weighted by molar-refractivity contribution is 4.94. The lowest BCUT2D eigenvalue weighted by Gasteiger charge is -2.06. The topological polar surface area (TPSA) is 18.5 Å². The summed E-state index contributed by atoms with van der Waals surface area (Å²) in [6.45, 7) is 1.05. The van der Waals surface area contributed by atoms with E-state index in [-0.39, 0.29) is 31.2 Å². The SMILES string of the molecule is FC(F)(F)C1CC1COC1CC1OCC1CC1. The summed E-state index contributed by atoms with van der Waals surface area (Å²) in [5, 5.41) is 0. The van der Waals surface area contributed by atoms with E-state index < -0.39 is 12.1 Å². The zero-order valence-corrected chi connectivity index (χ0v) is 9.58. The fraction of sp³-hybridized carbons (Fsp3) is 1.00. The molecule has 4 atom stereocenters. The van der Waals surface area contributed by atoms with E-state index in [1.54, 1.807) is 0 Å². The number of hydrogen-bond acceptors (Lipinski definition) is 2. The van der Waals surface area contributed by atoms with Gasteiger partial charge in [0.15, 0.2) is 0 Å². The van der Waals surface area contributed by atoms with Gasteiger partial charge in [-0.1, -0.05) is 0 Å². The van der Waals surface area contributed by atoms with E-state index in [4.69, 9.17) is 9.47 Å². The molecule has 0 heterocycles. The monoisotopic (exact) mass is 250 g/mol. The zero-order chi connectivity index (χ0) is 12.0. The molecule has 0 aromatic rings. The summed E-state index contributed by atoms with van der Waals surface area (Å²) >= 11 is 0. The first kappa shape index (κ1) is 11.8. The van der Waals surface area contributed by atoms with Gasteiger partial charge in [0.2, 0.25) is 0 Å². The summed E-state index contributed by atoms with van der Waals surface area (Å²) in [4.78, 5) is 0. The van der Waals surface area contributed by atoms with Gasteiger partial charge in [-0.3, -0.25) is 0 Å². The Hall–Kier alpha value is -0.290. The van der Waals surface area contributed by atoms with Crippen LogP contribution in [0.1, 0.15) is 25.7 Å². The fourth-order valence-electron chi connectivity index (χ4n) is 2.13. The van der Waals surface area contributed by atoms with E-state index in [2.05, 4.69) is 0 Å². The molecule has 98 valence electrons. The molecule has 0 saturated heterocycles. The second-order valence-electron chi connectivity index (χ2n) is 5.57. The molecule has 0 radical (unpaired) electrons. The summed E-state index contributed by atoms with van der Waals surface area (Å²) in [5.41, 5.74) is 0. The predicted octanol–water partition coefficient (Wildman–Crippen LogP) is 2.77. The number of halogens is 3. The van der Waals surface area contributed by atoms with E-state index in [0.29, 0.717) is 0 Å². The van der Waals surface area contributed by atoms with Crippen LogP contribution in [-0.2, 0) is 9.47 Å². The van der Waals surface area contributed by atoms with Crippen LogP contribution in [-0.4, -0.2) is 31.6 Å². The largest absolute Gasteiger partial charge is 0.392 e. The zero-order valence-electron chi connectivity index (χ0n) is 9.58. The molecular weight excluding hydrogens is 233 g/mol. The van der Waals surface area contributed by atoms with E-state index in [9.17, 15) is 13.2 Å². The summed E-state index contributed by atoms with van der Waals surface area (Å²) < 4.78 is 47.8. The Labute approximate surface area is 98.5 Å². The van der Waals surface area contributed by atoms with E-state index in [0.717, 1.165) is 18.9 Å². The summed E-state index contributed by atoms with van der Waals surface area (Å²) in [6, 6.07) is 0. The fourth-order valence-corrected chi connectivity index (χ4v) is 2.13. The van der Waals surface area contributed by atoms with Crippen LogP contribution in [0.25, 0.3) is 0 Å². The molecule has 0 aromatic heterocycles. The minimum Gasteiger partial charge on any atom is -0.375 e. The Balaban J connectivity index is 1.27. The van der Waals surface area contributed by atoms with E-state index in [1.165, 1.54) is 12.8 Å². The van der Waals surface area contributed by atoms with Gasteiger partial charge in [-0.25, -0.2) is 0 Å². The van der Waals surface area contributed by atoms with Crippen molar-refractivity contribution in [3.8, 4) is 0 Å². The molecular formula is C12H17F3O2. The smallest absolute Gasteiger partial charge is 0.375 e. The Bertz CT molecular complexity index is 288. The molecule has 0 aromatic carbocycles. The third kappa shape index (κ3) is 3.13. The van der Waals surface area contributed by atoms with Crippen LogP contribution in [0.4, 0.5) is 13.2 Å². The third-order valence-electron chi connectivity index (χ3n) is 3.79. The van der Waals surface area contributed by atoms with Crippen molar-refractivity contribution in [2.75, 3.05) is 13.2 Å². The molecule has 4 unspecified atom stereocenters. The molecule has 3 aliphatic carbocycles. The van der Waals surface area contributed by atoms with Gasteiger partial charge in [-0.15, -0.1) is 0 Å². The van der Waals surface area contributed by atoms with E-state index >= 15 is 0 Å². The highest BCUT2D eigenvalue weighted by Gasteiger charge is 2.56. The molecule has 0 spiro atoms. The van der Waals surface area contributed by atoms with Crippen LogP contribution in [0.5, 0.6) is 0 Å². The lowest BCUT2D eigenvalue weighted by Crippen LogP contribution is -2.14. The maximum absolute atomic E-state index is 12.2. The minimum absolute atomic E-state index is 0.0585. The number of hydrogen-bond donors (Lipinski definition) is 0. The molecule has 0 N–H and O–H groups in total. The van der Waals surface area contributed by atoms with Gasteiger partial charge in [-0.2, -0.15) is 13.2 Å². The van der Waals surface area contributed by atoms with Crippen molar-refractivity contribution >= 4 is 0 Å². The number of alkyl halides is 3. The number of rotatable bonds is 6. The third-order valence-corrected chi connectivity index (χ3v) is 3.79. The molecule has 2 nitrogen and oxygen atoms in total. The Morgan fingerprint density at radius 1 is 0.941 bits per heavy atom. The predicted molar refractivity (Wildman–Crippen MR) is 54.5 cm³/mol. The maximum atomic E-state index is 12.2. The van der Waals surface area contributed by atoms with Crippen molar-refractivity contribution in [1.29, 1.82) is 0 Å². The molecule has 0 aliphatic heterocycles. The van der Waals surface area contributed by atoms with Gasteiger partial charge >= 0.3 is 6.18 Å². The molecule has 0 bridgehead atoms. The first-order chi connectivity index (χ1) is 8.04. The summed E-state index contributed by atoms with van der Waals surface area (Å²) in [7, 11) is 0. The highest BCUT2D eigenvalue weighted by atomic mass is 19.4. The second-order valence-corrected chi connectivity index (χ2v) is 5.57. The van der Waals surface area contributed by atoms with Crippen molar-refractivity contribution in [1.82, 2.24) is 0 Å². The van der Waals surface area contributed by atoms with Crippen molar-refractivity contribution in [3.63, 3.8) is 0 Å². The normalized spacial score (nSPS) is 40.4. The van der Waals surface area contributed by atoms with Crippen molar-refractivity contribution in [2.45, 2.75) is 44.1 Å². The van der Waals surface area contributed by atoms with Crippen molar-refractivity contribution in [3.05, 3.63) is 0 Å². The minimum atomic E-state index is -4.03. The van der Waals surface area contributed by atoms with Crippen molar-refractivity contribution in [2.24, 2.45) is 17.8 Å². The second kappa shape index (κ2) is 4.12. The summed E-state index contributed by atoms with van der Waals surface area (Å²) in [5.74, 6) is -0.693. The molecule has 3 rings (SSSR count). The quantitative estimate of drug-likeness (QED) is 0.721. The van der Waals surface area contributed by atoms with Crippen LogP contribution in [0, 0.1) is 17.8 Å². The average Bonchev–Trinajstić information content (AvgIpc) is 3.09. The molecule has 0 amide bonds. The molecule has 3 aliphatic rings. The van der Waals surface area contributed by atoms with Gasteiger partial charge in [0.25, 0.3) is 0 Å². The Morgan fingerprint density at radius 3 is 2.12 bits per heavy atom. The average molecular weight is 250 g/mol. The first-order valence-electron chi connectivity index (χ1n) is 6.34. The van der Waals surface area contributed by atoms with Gasteiger partial charge in [0.1, 0.15) is 0 Å². The lowest BCUT2D eigenvalue weighted by molar-refractivity contribution is -0.152.